The van der Waals surface area contributed by atoms with Gasteiger partial charge >= 0.3 is 0 Å². The second-order valence-electron chi connectivity index (χ2n) is 5.69. The van der Waals surface area contributed by atoms with Gasteiger partial charge in [-0.15, -0.1) is 5.10 Å². The van der Waals surface area contributed by atoms with Crippen molar-refractivity contribution < 1.29 is 4.74 Å². The first-order valence-corrected chi connectivity index (χ1v) is 8.18. The Hall–Kier alpha value is -3.15. The molecule has 0 fully saturated rings. The molecule has 6 nitrogen and oxygen atoms in total. The number of nitrogens with one attached hydrogen (secondary N) is 2. The SMILES string of the molecule is CCOc1ccc(Nc2nncc(Nc3cc(C)ccc3C)n2)cc1. The smallest absolute Gasteiger partial charge is 0.249 e. The Morgan fingerprint density at radius 3 is 2.56 bits per heavy atom. The number of aryl methyl sites for hydroxylation is 2. The molecule has 0 unspecified atom stereocenters. The summed E-state index contributed by atoms with van der Waals surface area (Å²) in [4.78, 5) is 4.47. The predicted molar refractivity (Wildman–Crippen MR) is 99.9 cm³/mol. The van der Waals surface area contributed by atoms with Crippen molar-refractivity contribution in [3.05, 3.63) is 59.8 Å². The fourth-order valence-corrected chi connectivity index (χ4v) is 2.36. The van der Waals surface area contributed by atoms with Crippen LogP contribution in [0.1, 0.15) is 18.1 Å². The lowest BCUT2D eigenvalue weighted by atomic mass is 10.1. The van der Waals surface area contributed by atoms with E-state index in [1.807, 2.05) is 31.2 Å². The lowest BCUT2D eigenvalue weighted by Crippen LogP contribution is -2.03. The van der Waals surface area contributed by atoms with Gasteiger partial charge in [-0.25, -0.2) is 0 Å². The Morgan fingerprint density at radius 2 is 1.80 bits per heavy atom. The van der Waals surface area contributed by atoms with E-state index in [4.69, 9.17) is 4.74 Å². The monoisotopic (exact) mass is 335 g/mol. The summed E-state index contributed by atoms with van der Waals surface area (Å²) in [6.45, 7) is 6.71. The molecule has 1 heterocycles. The van der Waals surface area contributed by atoms with Gasteiger partial charge in [0.2, 0.25) is 5.95 Å². The standard InChI is InChI=1S/C19H21N5O/c1-4-25-16-9-7-15(8-10-16)21-19-23-18(12-20-24-19)22-17-11-13(2)5-6-14(17)3/h5-12H,4H2,1-3H3,(H2,21,22,23,24). The van der Waals surface area contributed by atoms with E-state index < -0.39 is 0 Å². The van der Waals surface area contributed by atoms with Crippen LogP contribution in [0.2, 0.25) is 0 Å². The fraction of sp³-hybridized carbons (Fsp3) is 0.211. The summed E-state index contributed by atoms with van der Waals surface area (Å²) in [5, 5.41) is 14.5. The Balaban J connectivity index is 1.74. The van der Waals surface area contributed by atoms with Crippen molar-refractivity contribution in [3.8, 4) is 5.75 Å². The molecule has 25 heavy (non-hydrogen) atoms. The Kier molecular flexibility index (Phi) is 5.09. The maximum absolute atomic E-state index is 5.44. The lowest BCUT2D eigenvalue weighted by molar-refractivity contribution is 0.340. The second-order valence-corrected chi connectivity index (χ2v) is 5.69. The number of nitrogens with zero attached hydrogens (tertiary/aromatic N) is 3. The third-order valence-corrected chi connectivity index (χ3v) is 3.64. The van der Waals surface area contributed by atoms with Gasteiger partial charge in [0.1, 0.15) is 5.75 Å². The molecular weight excluding hydrogens is 314 g/mol. The van der Waals surface area contributed by atoms with Crippen LogP contribution in [0, 0.1) is 13.8 Å². The van der Waals surface area contributed by atoms with Crippen molar-refractivity contribution in [3.63, 3.8) is 0 Å². The van der Waals surface area contributed by atoms with Crippen LogP contribution in [-0.4, -0.2) is 21.8 Å². The van der Waals surface area contributed by atoms with Gasteiger partial charge in [-0.1, -0.05) is 12.1 Å². The van der Waals surface area contributed by atoms with E-state index in [1.165, 1.54) is 5.56 Å². The van der Waals surface area contributed by atoms with Crippen LogP contribution in [0.15, 0.2) is 48.7 Å². The third kappa shape index (κ3) is 4.44. The van der Waals surface area contributed by atoms with Crippen molar-refractivity contribution in [1.29, 1.82) is 0 Å². The zero-order valence-electron chi connectivity index (χ0n) is 14.6. The molecule has 3 rings (SSSR count). The summed E-state index contributed by atoms with van der Waals surface area (Å²) in [6.07, 6.45) is 1.60. The zero-order chi connectivity index (χ0) is 17.6. The van der Waals surface area contributed by atoms with Crippen LogP contribution in [0.4, 0.5) is 23.1 Å². The Bertz CT molecular complexity index is 849. The highest BCUT2D eigenvalue weighted by Crippen LogP contribution is 2.22. The van der Waals surface area contributed by atoms with Crippen LogP contribution in [0.25, 0.3) is 0 Å². The highest BCUT2D eigenvalue weighted by molar-refractivity contribution is 5.62. The zero-order valence-corrected chi connectivity index (χ0v) is 14.6. The third-order valence-electron chi connectivity index (χ3n) is 3.64. The molecule has 2 aromatic carbocycles. The molecule has 0 radical (unpaired) electrons. The van der Waals surface area contributed by atoms with E-state index in [9.17, 15) is 0 Å². The van der Waals surface area contributed by atoms with Crippen molar-refractivity contribution in [2.45, 2.75) is 20.8 Å². The molecule has 0 aliphatic carbocycles. The number of hydrogen-bond donors (Lipinski definition) is 2. The van der Waals surface area contributed by atoms with Crippen molar-refractivity contribution in [1.82, 2.24) is 15.2 Å². The fourth-order valence-electron chi connectivity index (χ4n) is 2.36. The Labute approximate surface area is 147 Å². The van der Waals surface area contributed by atoms with Crippen LogP contribution in [0.5, 0.6) is 5.75 Å². The minimum Gasteiger partial charge on any atom is -0.494 e. The minimum atomic E-state index is 0.430. The van der Waals surface area contributed by atoms with E-state index in [-0.39, 0.29) is 0 Å². The minimum absolute atomic E-state index is 0.430. The number of benzene rings is 2. The van der Waals surface area contributed by atoms with Gasteiger partial charge in [-0.05, 0) is 62.2 Å². The van der Waals surface area contributed by atoms with Crippen LogP contribution in [-0.2, 0) is 0 Å². The van der Waals surface area contributed by atoms with Crippen molar-refractivity contribution >= 4 is 23.1 Å². The molecule has 1 aromatic heterocycles. The van der Waals surface area contributed by atoms with Gasteiger partial charge in [0.15, 0.2) is 5.82 Å². The van der Waals surface area contributed by atoms with Crippen LogP contribution < -0.4 is 15.4 Å². The maximum atomic E-state index is 5.44. The van der Waals surface area contributed by atoms with E-state index >= 15 is 0 Å². The molecule has 0 saturated carbocycles. The molecule has 6 heteroatoms. The highest BCUT2D eigenvalue weighted by Gasteiger charge is 2.04. The van der Waals surface area contributed by atoms with Crippen molar-refractivity contribution in [2.75, 3.05) is 17.2 Å². The number of ether oxygens (including phenoxy) is 1. The summed E-state index contributed by atoms with van der Waals surface area (Å²) >= 11 is 0. The average Bonchev–Trinajstić information content (AvgIpc) is 2.60. The van der Waals surface area contributed by atoms with Gasteiger partial charge in [0.05, 0.1) is 12.8 Å². The number of aromatic nitrogens is 3. The number of anilines is 4. The van der Waals surface area contributed by atoms with E-state index in [1.54, 1.807) is 6.20 Å². The molecule has 128 valence electrons. The van der Waals surface area contributed by atoms with Gasteiger partial charge in [0, 0.05) is 11.4 Å². The lowest BCUT2D eigenvalue weighted by Gasteiger charge is -2.11. The van der Waals surface area contributed by atoms with Crippen LogP contribution in [0.3, 0.4) is 0 Å². The average molecular weight is 335 g/mol. The maximum Gasteiger partial charge on any atom is 0.249 e. The van der Waals surface area contributed by atoms with Gasteiger partial charge in [-0.3, -0.25) is 0 Å². The largest absolute Gasteiger partial charge is 0.494 e. The first-order valence-electron chi connectivity index (χ1n) is 8.18. The molecule has 0 amide bonds. The first kappa shape index (κ1) is 16.7. The van der Waals surface area contributed by atoms with Gasteiger partial charge in [0.25, 0.3) is 0 Å². The summed E-state index contributed by atoms with van der Waals surface area (Å²) in [5.41, 5.74) is 4.20. The van der Waals surface area contributed by atoms with E-state index in [2.05, 4.69) is 57.9 Å². The summed E-state index contributed by atoms with van der Waals surface area (Å²) in [5.74, 6) is 1.90. The quantitative estimate of drug-likeness (QED) is 0.697. The summed E-state index contributed by atoms with van der Waals surface area (Å²) in [6, 6.07) is 13.9. The molecule has 0 bridgehead atoms. The topological polar surface area (TPSA) is 72.0 Å². The molecule has 0 aliphatic rings. The molecule has 0 atom stereocenters. The molecule has 2 N–H and O–H groups in total. The number of rotatable bonds is 6. The molecule has 0 spiro atoms. The molecular formula is C19H21N5O. The van der Waals surface area contributed by atoms with E-state index in [0.717, 1.165) is 22.7 Å². The van der Waals surface area contributed by atoms with Crippen molar-refractivity contribution in [2.24, 2.45) is 0 Å². The van der Waals surface area contributed by atoms with E-state index in [0.29, 0.717) is 18.4 Å². The van der Waals surface area contributed by atoms with Gasteiger partial charge < -0.3 is 15.4 Å². The second kappa shape index (κ2) is 7.61. The summed E-state index contributed by atoms with van der Waals surface area (Å²) < 4.78 is 5.44. The number of hydrogen-bond acceptors (Lipinski definition) is 6. The van der Waals surface area contributed by atoms with Gasteiger partial charge in [-0.2, -0.15) is 10.1 Å². The predicted octanol–water partition coefficient (Wildman–Crippen LogP) is 4.37. The highest BCUT2D eigenvalue weighted by atomic mass is 16.5. The normalized spacial score (nSPS) is 10.4. The summed E-state index contributed by atoms with van der Waals surface area (Å²) in [7, 11) is 0. The molecule has 3 aromatic rings. The molecule has 0 aliphatic heterocycles. The Morgan fingerprint density at radius 1 is 1.00 bits per heavy atom. The molecule has 0 saturated heterocycles. The first-order chi connectivity index (χ1) is 12.1. The van der Waals surface area contributed by atoms with Crippen LogP contribution >= 0.6 is 0 Å².